The predicted octanol–water partition coefficient (Wildman–Crippen LogP) is 3.49. The van der Waals surface area contributed by atoms with Crippen LogP contribution in [-0.2, 0) is 0 Å². The molecule has 0 bridgehead atoms. The molecule has 0 fully saturated rings. The van der Waals surface area contributed by atoms with Gasteiger partial charge in [-0.25, -0.2) is 0 Å². The van der Waals surface area contributed by atoms with E-state index in [0.29, 0.717) is 5.92 Å². The highest BCUT2D eigenvalue weighted by Gasteiger charge is 2.05. The van der Waals surface area contributed by atoms with Crippen molar-refractivity contribution in [3.63, 3.8) is 0 Å². The van der Waals surface area contributed by atoms with Gasteiger partial charge in [-0.2, -0.15) is 0 Å². The van der Waals surface area contributed by atoms with Gasteiger partial charge in [-0.15, -0.1) is 0 Å². The van der Waals surface area contributed by atoms with Crippen molar-refractivity contribution in [1.29, 1.82) is 0 Å². The standard InChI is InChI=1S/C13H17BrO2/c1-9(2)11(8-15)6-10-7-12(14)4-5-13(10)16-3/h4-7,9,15H,8H2,1-3H3. The Hall–Kier alpha value is -0.800. The Kier molecular flexibility index (Phi) is 5.03. The van der Waals surface area contributed by atoms with Gasteiger partial charge in [0.2, 0.25) is 0 Å². The number of methoxy groups -OCH3 is 1. The lowest BCUT2D eigenvalue weighted by molar-refractivity contribution is 0.320. The van der Waals surface area contributed by atoms with Gasteiger partial charge in [0.25, 0.3) is 0 Å². The molecule has 2 nitrogen and oxygen atoms in total. The normalized spacial score (nSPS) is 12.0. The van der Waals surface area contributed by atoms with E-state index in [1.165, 1.54) is 0 Å². The molecule has 0 aliphatic rings. The number of ether oxygens (including phenoxy) is 1. The number of rotatable bonds is 4. The predicted molar refractivity (Wildman–Crippen MR) is 70.6 cm³/mol. The molecule has 0 spiro atoms. The minimum atomic E-state index is 0.0767. The highest BCUT2D eigenvalue weighted by molar-refractivity contribution is 9.10. The Labute approximate surface area is 105 Å². The van der Waals surface area contributed by atoms with Crippen LogP contribution < -0.4 is 4.74 Å². The number of halogens is 1. The third-order valence-corrected chi connectivity index (χ3v) is 2.95. The van der Waals surface area contributed by atoms with E-state index in [-0.39, 0.29) is 6.61 Å². The molecule has 0 saturated carbocycles. The van der Waals surface area contributed by atoms with E-state index in [0.717, 1.165) is 21.4 Å². The van der Waals surface area contributed by atoms with Crippen molar-refractivity contribution in [3.05, 3.63) is 33.8 Å². The van der Waals surface area contributed by atoms with Crippen molar-refractivity contribution < 1.29 is 9.84 Å². The van der Waals surface area contributed by atoms with Gasteiger partial charge >= 0.3 is 0 Å². The smallest absolute Gasteiger partial charge is 0.126 e. The quantitative estimate of drug-likeness (QED) is 0.917. The molecule has 0 radical (unpaired) electrons. The summed E-state index contributed by atoms with van der Waals surface area (Å²) in [5.74, 6) is 1.14. The second kappa shape index (κ2) is 6.06. The Balaban J connectivity index is 3.15. The zero-order chi connectivity index (χ0) is 12.1. The topological polar surface area (TPSA) is 29.5 Å². The molecule has 0 amide bonds. The third-order valence-electron chi connectivity index (χ3n) is 2.46. The zero-order valence-electron chi connectivity index (χ0n) is 9.83. The summed E-state index contributed by atoms with van der Waals surface area (Å²) in [4.78, 5) is 0. The van der Waals surface area contributed by atoms with E-state index in [1.54, 1.807) is 7.11 Å². The first kappa shape index (κ1) is 13.3. The molecule has 0 unspecified atom stereocenters. The van der Waals surface area contributed by atoms with Crippen LogP contribution in [0.2, 0.25) is 0 Å². The molecule has 0 saturated heterocycles. The van der Waals surface area contributed by atoms with Crippen LogP contribution in [0.5, 0.6) is 5.75 Å². The number of aliphatic hydroxyl groups is 1. The first-order valence-electron chi connectivity index (χ1n) is 5.23. The van der Waals surface area contributed by atoms with Crippen LogP contribution in [0, 0.1) is 5.92 Å². The summed E-state index contributed by atoms with van der Waals surface area (Å²) in [6.45, 7) is 4.20. The Bertz CT molecular complexity index is 384. The molecule has 0 aliphatic heterocycles. The van der Waals surface area contributed by atoms with E-state index in [4.69, 9.17) is 4.74 Å². The fourth-order valence-corrected chi connectivity index (χ4v) is 1.79. The van der Waals surface area contributed by atoms with Gasteiger partial charge in [-0.05, 0) is 35.8 Å². The van der Waals surface area contributed by atoms with Gasteiger partial charge in [0.15, 0.2) is 0 Å². The Morgan fingerprint density at radius 3 is 2.69 bits per heavy atom. The molecule has 88 valence electrons. The fraction of sp³-hybridized carbons (Fsp3) is 0.385. The largest absolute Gasteiger partial charge is 0.496 e. The number of hydrogen-bond donors (Lipinski definition) is 1. The zero-order valence-corrected chi connectivity index (χ0v) is 11.4. The first-order valence-corrected chi connectivity index (χ1v) is 6.02. The van der Waals surface area contributed by atoms with Crippen molar-refractivity contribution in [1.82, 2.24) is 0 Å². The maximum atomic E-state index is 9.27. The minimum absolute atomic E-state index is 0.0767. The molecular weight excluding hydrogens is 268 g/mol. The summed E-state index contributed by atoms with van der Waals surface area (Å²) in [5, 5.41) is 9.27. The summed E-state index contributed by atoms with van der Waals surface area (Å²) < 4.78 is 6.28. The van der Waals surface area contributed by atoms with Crippen molar-refractivity contribution in [2.75, 3.05) is 13.7 Å². The van der Waals surface area contributed by atoms with Crippen LogP contribution in [0.1, 0.15) is 19.4 Å². The second-order valence-corrected chi connectivity index (χ2v) is 4.83. The SMILES string of the molecule is COc1ccc(Br)cc1C=C(CO)C(C)C. The van der Waals surface area contributed by atoms with Gasteiger partial charge in [-0.1, -0.05) is 29.8 Å². The van der Waals surface area contributed by atoms with E-state index >= 15 is 0 Å². The molecular formula is C13H17BrO2. The lowest BCUT2D eigenvalue weighted by Crippen LogP contribution is -1.99. The summed E-state index contributed by atoms with van der Waals surface area (Å²) in [6.07, 6.45) is 1.98. The van der Waals surface area contributed by atoms with Gasteiger partial charge < -0.3 is 9.84 Å². The van der Waals surface area contributed by atoms with Gasteiger partial charge in [0, 0.05) is 10.0 Å². The van der Waals surface area contributed by atoms with Crippen LogP contribution in [0.15, 0.2) is 28.2 Å². The van der Waals surface area contributed by atoms with Gasteiger partial charge in [0.1, 0.15) is 5.75 Å². The molecule has 1 N–H and O–H groups in total. The van der Waals surface area contributed by atoms with E-state index in [2.05, 4.69) is 29.8 Å². The highest BCUT2D eigenvalue weighted by atomic mass is 79.9. The number of hydrogen-bond acceptors (Lipinski definition) is 2. The maximum Gasteiger partial charge on any atom is 0.126 e. The van der Waals surface area contributed by atoms with Gasteiger partial charge in [0.05, 0.1) is 13.7 Å². The molecule has 0 aliphatic carbocycles. The summed E-state index contributed by atoms with van der Waals surface area (Å²) >= 11 is 3.43. The monoisotopic (exact) mass is 284 g/mol. The summed E-state index contributed by atoms with van der Waals surface area (Å²) in [7, 11) is 1.65. The average Bonchev–Trinajstić information content (AvgIpc) is 2.25. The lowest BCUT2D eigenvalue weighted by atomic mass is 10.0. The van der Waals surface area contributed by atoms with Crippen LogP contribution >= 0.6 is 15.9 Å². The van der Waals surface area contributed by atoms with Crippen LogP contribution in [0.4, 0.5) is 0 Å². The van der Waals surface area contributed by atoms with Crippen LogP contribution in [0.25, 0.3) is 6.08 Å². The molecule has 0 atom stereocenters. The molecule has 1 rings (SSSR count). The molecule has 3 heteroatoms. The van der Waals surface area contributed by atoms with Crippen LogP contribution in [-0.4, -0.2) is 18.8 Å². The Morgan fingerprint density at radius 2 is 2.19 bits per heavy atom. The summed E-state index contributed by atoms with van der Waals surface area (Å²) in [5.41, 5.74) is 1.98. The van der Waals surface area contributed by atoms with Crippen molar-refractivity contribution in [2.24, 2.45) is 5.92 Å². The van der Waals surface area contributed by atoms with Crippen LogP contribution in [0.3, 0.4) is 0 Å². The average molecular weight is 285 g/mol. The highest BCUT2D eigenvalue weighted by Crippen LogP contribution is 2.26. The molecule has 1 aromatic carbocycles. The van der Waals surface area contributed by atoms with E-state index in [1.807, 2.05) is 24.3 Å². The van der Waals surface area contributed by atoms with Crippen molar-refractivity contribution in [2.45, 2.75) is 13.8 Å². The van der Waals surface area contributed by atoms with E-state index in [9.17, 15) is 5.11 Å². The summed E-state index contributed by atoms with van der Waals surface area (Å²) in [6, 6.07) is 5.83. The first-order chi connectivity index (χ1) is 7.58. The molecule has 0 heterocycles. The van der Waals surface area contributed by atoms with E-state index < -0.39 is 0 Å². The Morgan fingerprint density at radius 1 is 1.50 bits per heavy atom. The number of benzene rings is 1. The van der Waals surface area contributed by atoms with Crippen molar-refractivity contribution in [3.8, 4) is 5.75 Å². The van der Waals surface area contributed by atoms with Crippen molar-refractivity contribution >= 4 is 22.0 Å². The molecule has 1 aromatic rings. The third kappa shape index (κ3) is 3.35. The lowest BCUT2D eigenvalue weighted by Gasteiger charge is -2.10. The molecule has 16 heavy (non-hydrogen) atoms. The molecule has 0 aromatic heterocycles. The maximum absolute atomic E-state index is 9.27. The van der Waals surface area contributed by atoms with Gasteiger partial charge in [-0.3, -0.25) is 0 Å². The fourth-order valence-electron chi connectivity index (χ4n) is 1.41. The second-order valence-electron chi connectivity index (χ2n) is 3.92. The number of aliphatic hydroxyl groups excluding tert-OH is 1. The minimum Gasteiger partial charge on any atom is -0.496 e.